The van der Waals surface area contributed by atoms with Crippen molar-refractivity contribution in [3.63, 3.8) is 0 Å². The number of hydrogen-bond acceptors (Lipinski definition) is 2. The van der Waals surface area contributed by atoms with Crippen molar-refractivity contribution in [3.05, 3.63) is 11.6 Å². The lowest BCUT2D eigenvalue weighted by Gasteiger charge is -2.26. The van der Waals surface area contributed by atoms with E-state index in [4.69, 9.17) is 16.3 Å². The van der Waals surface area contributed by atoms with Crippen molar-refractivity contribution in [2.75, 3.05) is 32.7 Å². The summed E-state index contributed by atoms with van der Waals surface area (Å²) in [5.74, 6) is 0.892. The summed E-state index contributed by atoms with van der Waals surface area (Å²) in [5, 5.41) is 0. The summed E-state index contributed by atoms with van der Waals surface area (Å²) in [4.78, 5) is 13.7. The Hall–Kier alpha value is -0.540. The average Bonchev–Trinajstić information content (AvgIpc) is 2.30. The molecule has 3 nitrogen and oxygen atoms in total. The van der Waals surface area contributed by atoms with Crippen LogP contribution in [0.1, 0.15) is 25.7 Å². The van der Waals surface area contributed by atoms with Gasteiger partial charge in [-0.25, -0.2) is 0 Å². The summed E-state index contributed by atoms with van der Waals surface area (Å²) in [6, 6.07) is 0. The molecule has 1 rings (SSSR count). The average molecular weight is 246 g/mol. The largest absolute Gasteiger partial charge is 0.380 e. The second kappa shape index (κ2) is 7.69. The Balaban J connectivity index is 2.27. The topological polar surface area (TPSA) is 29.5 Å². The molecule has 0 N–H and O–H groups in total. The zero-order chi connectivity index (χ0) is 11.8. The maximum atomic E-state index is 11.8. The maximum absolute atomic E-state index is 11.8. The predicted octanol–water partition coefficient (Wildman–Crippen LogP) is 2.20. The number of amides is 1. The van der Waals surface area contributed by atoms with E-state index < -0.39 is 0 Å². The molecule has 0 radical (unpaired) electrons. The number of carbonyl (C=O) groups excluding carboxylic acids is 1. The van der Waals surface area contributed by atoms with Gasteiger partial charge in [-0.1, -0.05) is 6.08 Å². The quantitative estimate of drug-likeness (QED) is 0.408. The van der Waals surface area contributed by atoms with E-state index in [2.05, 4.69) is 6.08 Å². The van der Waals surface area contributed by atoms with Crippen LogP contribution in [-0.4, -0.2) is 43.5 Å². The van der Waals surface area contributed by atoms with Gasteiger partial charge in [-0.05, 0) is 24.8 Å². The van der Waals surface area contributed by atoms with Crippen molar-refractivity contribution in [2.24, 2.45) is 0 Å². The van der Waals surface area contributed by atoms with Crippen LogP contribution in [-0.2, 0) is 9.53 Å². The first-order chi connectivity index (χ1) is 7.77. The highest BCUT2D eigenvalue weighted by atomic mass is 35.5. The number of alkyl halides is 1. The van der Waals surface area contributed by atoms with Gasteiger partial charge in [-0.2, -0.15) is 0 Å². The standard InChI is InChI=1S/C12H20ClNO2/c1-16-10-11-5-8-14(9-6-11)12(15)4-2-3-7-13/h5H,2-4,6-10H2,1H3. The molecule has 1 amide bonds. The summed E-state index contributed by atoms with van der Waals surface area (Å²) in [6.07, 6.45) is 5.49. The van der Waals surface area contributed by atoms with Gasteiger partial charge in [0.25, 0.3) is 0 Å². The van der Waals surface area contributed by atoms with Gasteiger partial charge < -0.3 is 9.64 Å². The molecular weight excluding hydrogens is 226 g/mol. The van der Waals surface area contributed by atoms with E-state index in [1.807, 2.05) is 4.90 Å². The summed E-state index contributed by atoms with van der Waals surface area (Å²) < 4.78 is 5.07. The van der Waals surface area contributed by atoms with E-state index in [1.54, 1.807) is 7.11 Å². The Morgan fingerprint density at radius 3 is 2.94 bits per heavy atom. The van der Waals surface area contributed by atoms with E-state index in [-0.39, 0.29) is 5.91 Å². The SMILES string of the molecule is COCC1=CCN(C(=O)CCCCCl)CC1. The molecule has 1 aliphatic heterocycles. The number of methoxy groups -OCH3 is 1. The number of unbranched alkanes of at least 4 members (excludes halogenated alkanes) is 1. The van der Waals surface area contributed by atoms with Crippen molar-refractivity contribution in [1.29, 1.82) is 0 Å². The monoisotopic (exact) mass is 245 g/mol. The van der Waals surface area contributed by atoms with Crippen molar-refractivity contribution >= 4 is 17.5 Å². The minimum absolute atomic E-state index is 0.248. The first-order valence-corrected chi connectivity index (χ1v) is 6.32. The molecule has 0 aromatic carbocycles. The van der Waals surface area contributed by atoms with Gasteiger partial charge in [0.15, 0.2) is 0 Å². The van der Waals surface area contributed by atoms with Gasteiger partial charge in [0, 0.05) is 32.5 Å². The molecule has 4 heteroatoms. The highest BCUT2D eigenvalue weighted by Crippen LogP contribution is 2.12. The fourth-order valence-electron chi connectivity index (χ4n) is 1.78. The molecule has 1 heterocycles. The van der Waals surface area contributed by atoms with E-state index in [9.17, 15) is 4.79 Å². The highest BCUT2D eigenvalue weighted by Gasteiger charge is 2.16. The van der Waals surface area contributed by atoms with Crippen molar-refractivity contribution < 1.29 is 9.53 Å². The van der Waals surface area contributed by atoms with Crippen LogP contribution in [0.4, 0.5) is 0 Å². The van der Waals surface area contributed by atoms with Crippen LogP contribution in [0.3, 0.4) is 0 Å². The summed E-state index contributed by atoms with van der Waals surface area (Å²) in [6.45, 7) is 2.25. The van der Waals surface area contributed by atoms with Gasteiger partial charge >= 0.3 is 0 Å². The van der Waals surface area contributed by atoms with Crippen LogP contribution in [0, 0.1) is 0 Å². The van der Waals surface area contributed by atoms with Crippen LogP contribution in [0.2, 0.25) is 0 Å². The number of ether oxygens (including phenoxy) is 1. The molecule has 0 saturated heterocycles. The van der Waals surface area contributed by atoms with E-state index in [1.165, 1.54) is 5.57 Å². The second-order valence-corrected chi connectivity index (χ2v) is 4.41. The molecule has 0 spiro atoms. The molecule has 0 unspecified atom stereocenters. The van der Waals surface area contributed by atoms with Crippen molar-refractivity contribution in [3.8, 4) is 0 Å². The third-order valence-electron chi connectivity index (χ3n) is 2.76. The van der Waals surface area contributed by atoms with Crippen LogP contribution in [0.25, 0.3) is 0 Å². The van der Waals surface area contributed by atoms with Crippen LogP contribution < -0.4 is 0 Å². The first kappa shape index (κ1) is 13.5. The zero-order valence-corrected chi connectivity index (χ0v) is 10.6. The molecule has 0 aromatic heterocycles. The number of hydrogen-bond donors (Lipinski definition) is 0. The fourth-order valence-corrected chi connectivity index (χ4v) is 1.97. The highest BCUT2D eigenvalue weighted by molar-refractivity contribution is 6.17. The summed E-state index contributed by atoms with van der Waals surface area (Å²) in [5.41, 5.74) is 1.30. The normalized spacial score (nSPS) is 16.1. The minimum Gasteiger partial charge on any atom is -0.380 e. The number of rotatable bonds is 6. The lowest BCUT2D eigenvalue weighted by atomic mass is 10.1. The third-order valence-corrected chi connectivity index (χ3v) is 3.03. The summed E-state index contributed by atoms with van der Waals surface area (Å²) >= 11 is 5.58. The molecule has 1 aliphatic rings. The molecule has 0 aliphatic carbocycles. The minimum atomic E-state index is 0.248. The Kier molecular flexibility index (Phi) is 6.50. The molecule has 0 aromatic rings. The molecule has 92 valence electrons. The van der Waals surface area contributed by atoms with E-state index in [0.717, 1.165) is 32.4 Å². The summed E-state index contributed by atoms with van der Waals surface area (Å²) in [7, 11) is 1.70. The first-order valence-electron chi connectivity index (χ1n) is 5.78. The molecule has 0 atom stereocenters. The lowest BCUT2D eigenvalue weighted by molar-refractivity contribution is -0.131. The van der Waals surface area contributed by atoms with Crippen LogP contribution in [0.5, 0.6) is 0 Å². The number of nitrogens with zero attached hydrogens (tertiary/aromatic N) is 1. The van der Waals surface area contributed by atoms with Crippen LogP contribution in [0.15, 0.2) is 11.6 Å². The van der Waals surface area contributed by atoms with Gasteiger partial charge in [0.1, 0.15) is 0 Å². The Morgan fingerprint density at radius 2 is 2.38 bits per heavy atom. The van der Waals surface area contributed by atoms with Crippen molar-refractivity contribution in [2.45, 2.75) is 25.7 Å². The van der Waals surface area contributed by atoms with Gasteiger partial charge in [0.05, 0.1) is 6.61 Å². The van der Waals surface area contributed by atoms with Crippen LogP contribution >= 0.6 is 11.6 Å². The van der Waals surface area contributed by atoms with Gasteiger partial charge in [-0.3, -0.25) is 4.79 Å². The Labute approximate surface area is 102 Å². The smallest absolute Gasteiger partial charge is 0.222 e. The van der Waals surface area contributed by atoms with E-state index >= 15 is 0 Å². The zero-order valence-electron chi connectivity index (χ0n) is 9.88. The molecule has 0 saturated carbocycles. The molecular formula is C12H20ClNO2. The van der Waals surface area contributed by atoms with Gasteiger partial charge in [-0.15, -0.1) is 11.6 Å². The van der Waals surface area contributed by atoms with Crippen molar-refractivity contribution in [1.82, 2.24) is 4.90 Å². The molecule has 0 bridgehead atoms. The Bertz CT molecular complexity index is 253. The van der Waals surface area contributed by atoms with Gasteiger partial charge in [0.2, 0.25) is 5.91 Å². The third kappa shape index (κ3) is 4.54. The second-order valence-electron chi connectivity index (χ2n) is 4.03. The number of halogens is 1. The predicted molar refractivity (Wildman–Crippen MR) is 65.7 cm³/mol. The Morgan fingerprint density at radius 1 is 1.56 bits per heavy atom. The maximum Gasteiger partial charge on any atom is 0.222 e. The lowest BCUT2D eigenvalue weighted by Crippen LogP contribution is -2.35. The van der Waals surface area contributed by atoms with E-state index in [0.29, 0.717) is 18.9 Å². The fraction of sp³-hybridized carbons (Fsp3) is 0.750. The molecule has 0 fully saturated rings. The number of carbonyl (C=O) groups is 1. The molecule has 16 heavy (non-hydrogen) atoms.